The van der Waals surface area contributed by atoms with Crippen molar-refractivity contribution in [1.29, 1.82) is 0 Å². The van der Waals surface area contributed by atoms with Crippen molar-refractivity contribution in [3.8, 4) is 0 Å². The number of likely N-dealkylation sites (tertiary alicyclic amines) is 1. The SMILES string of the molecule is CC(=O)N(c1nc(CN2CC(C(=O)Nc3ccc4[nH]ncc4c3)C2)cs1)c1cccc(C)c1C. The minimum absolute atomic E-state index is 0.0238. The molecule has 5 rings (SSSR count). The average molecular weight is 475 g/mol. The first-order valence-corrected chi connectivity index (χ1v) is 12.0. The Hall–Kier alpha value is -3.56. The van der Waals surface area contributed by atoms with Gasteiger partial charge in [0.25, 0.3) is 0 Å². The normalized spacial score (nSPS) is 14.2. The van der Waals surface area contributed by atoms with Gasteiger partial charge in [0.2, 0.25) is 11.8 Å². The summed E-state index contributed by atoms with van der Waals surface area (Å²) < 4.78 is 0. The Morgan fingerprint density at radius 3 is 2.85 bits per heavy atom. The van der Waals surface area contributed by atoms with Crippen LogP contribution in [0.1, 0.15) is 23.7 Å². The molecular formula is C25H26N6O2S. The Kier molecular flexibility index (Phi) is 5.89. The Balaban J connectivity index is 1.20. The standard InChI is InChI=1S/C25H26N6O2S/c1-15-5-4-6-23(16(15)2)31(17(3)32)25-28-21(14-34-25)13-30-11-19(12-30)24(33)27-20-7-8-22-18(9-20)10-26-29-22/h4-10,14,19H,11-13H2,1-3H3,(H,26,29)(H,27,33). The first-order chi connectivity index (χ1) is 16.4. The largest absolute Gasteiger partial charge is 0.326 e. The number of aromatic nitrogens is 3. The molecule has 2 amide bonds. The van der Waals surface area contributed by atoms with E-state index in [9.17, 15) is 9.59 Å². The fourth-order valence-electron chi connectivity index (χ4n) is 4.22. The van der Waals surface area contributed by atoms with Crippen LogP contribution in [0.3, 0.4) is 0 Å². The van der Waals surface area contributed by atoms with E-state index >= 15 is 0 Å². The summed E-state index contributed by atoms with van der Waals surface area (Å²) in [4.78, 5) is 33.7. The molecule has 8 nitrogen and oxygen atoms in total. The van der Waals surface area contributed by atoms with Gasteiger partial charge in [0.1, 0.15) is 0 Å². The third kappa shape index (κ3) is 4.32. The molecular weight excluding hydrogens is 448 g/mol. The lowest BCUT2D eigenvalue weighted by atomic mass is 9.99. The van der Waals surface area contributed by atoms with Crippen molar-refractivity contribution in [2.45, 2.75) is 27.3 Å². The van der Waals surface area contributed by atoms with E-state index < -0.39 is 0 Å². The van der Waals surface area contributed by atoms with Crippen LogP contribution in [0, 0.1) is 19.8 Å². The van der Waals surface area contributed by atoms with Gasteiger partial charge in [-0.25, -0.2) is 4.98 Å². The second-order valence-electron chi connectivity index (χ2n) is 8.75. The van der Waals surface area contributed by atoms with Crippen LogP contribution >= 0.6 is 11.3 Å². The van der Waals surface area contributed by atoms with Crippen molar-refractivity contribution in [2.24, 2.45) is 5.92 Å². The summed E-state index contributed by atoms with van der Waals surface area (Å²) in [6.07, 6.45) is 1.74. The lowest BCUT2D eigenvalue weighted by Gasteiger charge is -2.37. The summed E-state index contributed by atoms with van der Waals surface area (Å²) in [6, 6.07) is 11.7. The average Bonchev–Trinajstić information content (AvgIpc) is 3.42. The molecule has 2 aromatic heterocycles. The van der Waals surface area contributed by atoms with Crippen LogP contribution in [0.15, 0.2) is 48.0 Å². The van der Waals surface area contributed by atoms with Gasteiger partial charge in [-0.1, -0.05) is 12.1 Å². The van der Waals surface area contributed by atoms with Gasteiger partial charge in [0.15, 0.2) is 5.13 Å². The summed E-state index contributed by atoms with van der Waals surface area (Å²) in [5.41, 5.74) is 5.69. The number of anilines is 3. The highest BCUT2D eigenvalue weighted by atomic mass is 32.1. The molecule has 4 aromatic rings. The maximum atomic E-state index is 12.6. The summed E-state index contributed by atoms with van der Waals surface area (Å²) >= 11 is 1.46. The number of aryl methyl sites for hydroxylation is 1. The van der Waals surface area contributed by atoms with E-state index in [1.807, 2.05) is 55.6 Å². The number of hydrogen-bond donors (Lipinski definition) is 2. The Morgan fingerprint density at radius 1 is 1.24 bits per heavy atom. The maximum Gasteiger partial charge on any atom is 0.230 e. The molecule has 0 unspecified atom stereocenters. The van der Waals surface area contributed by atoms with Gasteiger partial charge in [0, 0.05) is 43.0 Å². The molecule has 2 aromatic carbocycles. The van der Waals surface area contributed by atoms with Gasteiger partial charge in [-0.3, -0.25) is 24.5 Å². The Morgan fingerprint density at radius 2 is 2.06 bits per heavy atom. The quantitative estimate of drug-likeness (QED) is 0.432. The molecule has 0 radical (unpaired) electrons. The number of fused-ring (bicyclic) bond motifs is 1. The molecule has 0 bridgehead atoms. The number of H-pyrrole nitrogens is 1. The molecule has 0 spiro atoms. The molecule has 174 valence electrons. The number of hydrogen-bond acceptors (Lipinski definition) is 6. The highest BCUT2D eigenvalue weighted by molar-refractivity contribution is 7.14. The fourth-order valence-corrected chi connectivity index (χ4v) is 5.09. The van der Waals surface area contributed by atoms with E-state index in [0.29, 0.717) is 24.8 Å². The van der Waals surface area contributed by atoms with Crippen LogP contribution in [0.25, 0.3) is 10.9 Å². The smallest absolute Gasteiger partial charge is 0.230 e. The van der Waals surface area contributed by atoms with E-state index in [-0.39, 0.29) is 17.7 Å². The van der Waals surface area contributed by atoms with Crippen LogP contribution < -0.4 is 10.2 Å². The lowest BCUT2D eigenvalue weighted by Crippen LogP contribution is -2.51. The van der Waals surface area contributed by atoms with Crippen molar-refractivity contribution in [2.75, 3.05) is 23.3 Å². The highest BCUT2D eigenvalue weighted by Gasteiger charge is 2.33. The van der Waals surface area contributed by atoms with Crippen LogP contribution in [0.4, 0.5) is 16.5 Å². The first-order valence-electron chi connectivity index (χ1n) is 11.2. The fraction of sp³-hybridized carbons (Fsp3) is 0.280. The van der Waals surface area contributed by atoms with Crippen molar-refractivity contribution < 1.29 is 9.59 Å². The second kappa shape index (κ2) is 9.00. The molecule has 3 heterocycles. The van der Waals surface area contributed by atoms with Crippen molar-refractivity contribution in [3.05, 3.63) is 64.8 Å². The summed E-state index contributed by atoms with van der Waals surface area (Å²) in [7, 11) is 0. The van der Waals surface area contributed by atoms with Gasteiger partial charge in [-0.2, -0.15) is 5.10 Å². The van der Waals surface area contributed by atoms with Crippen molar-refractivity contribution in [1.82, 2.24) is 20.1 Å². The van der Waals surface area contributed by atoms with E-state index in [2.05, 4.69) is 20.4 Å². The molecule has 34 heavy (non-hydrogen) atoms. The molecule has 0 saturated carbocycles. The number of thiazole rings is 1. The molecule has 0 aliphatic carbocycles. The Labute approximate surface area is 201 Å². The van der Waals surface area contributed by atoms with Crippen LogP contribution in [-0.2, 0) is 16.1 Å². The molecule has 0 atom stereocenters. The van der Waals surface area contributed by atoms with Gasteiger partial charge < -0.3 is 5.32 Å². The highest BCUT2D eigenvalue weighted by Crippen LogP contribution is 2.33. The summed E-state index contributed by atoms with van der Waals surface area (Å²) in [5.74, 6) is -0.0959. The number of aromatic amines is 1. The number of nitrogens with zero attached hydrogens (tertiary/aromatic N) is 4. The van der Waals surface area contributed by atoms with Crippen LogP contribution in [0.2, 0.25) is 0 Å². The number of carbonyl (C=O) groups is 2. The third-order valence-corrected chi connectivity index (χ3v) is 7.16. The van der Waals surface area contributed by atoms with E-state index in [1.165, 1.54) is 11.3 Å². The molecule has 2 N–H and O–H groups in total. The predicted octanol–water partition coefficient (Wildman–Crippen LogP) is 4.39. The lowest BCUT2D eigenvalue weighted by molar-refractivity contribution is -0.125. The minimum atomic E-state index is -0.0658. The van der Waals surface area contributed by atoms with Gasteiger partial charge in [-0.05, 0) is 49.2 Å². The van der Waals surface area contributed by atoms with E-state index in [1.54, 1.807) is 18.0 Å². The monoisotopic (exact) mass is 474 g/mol. The van der Waals surface area contributed by atoms with E-state index in [0.717, 1.165) is 39.1 Å². The van der Waals surface area contributed by atoms with Gasteiger partial charge >= 0.3 is 0 Å². The first kappa shape index (κ1) is 22.2. The maximum absolute atomic E-state index is 12.6. The Bertz CT molecular complexity index is 1370. The topological polar surface area (TPSA) is 94.2 Å². The number of carbonyl (C=O) groups excluding carboxylic acids is 2. The molecule has 1 saturated heterocycles. The van der Waals surface area contributed by atoms with Gasteiger partial charge in [0.05, 0.1) is 29.0 Å². The second-order valence-corrected chi connectivity index (χ2v) is 9.58. The molecule has 1 aliphatic rings. The number of rotatable bonds is 6. The van der Waals surface area contributed by atoms with Gasteiger partial charge in [-0.15, -0.1) is 11.3 Å². The minimum Gasteiger partial charge on any atom is -0.326 e. The van der Waals surface area contributed by atoms with Crippen LogP contribution in [0.5, 0.6) is 0 Å². The molecule has 9 heteroatoms. The van der Waals surface area contributed by atoms with Crippen LogP contribution in [-0.4, -0.2) is 45.0 Å². The molecule has 1 fully saturated rings. The summed E-state index contributed by atoms with van der Waals surface area (Å²) in [6.45, 7) is 7.63. The van der Waals surface area contributed by atoms with E-state index in [4.69, 9.17) is 4.98 Å². The zero-order valence-electron chi connectivity index (χ0n) is 19.3. The zero-order valence-corrected chi connectivity index (χ0v) is 20.1. The zero-order chi connectivity index (χ0) is 23.8. The molecule has 1 aliphatic heterocycles. The number of nitrogens with one attached hydrogen (secondary N) is 2. The van der Waals surface area contributed by atoms with Crippen molar-refractivity contribution >= 4 is 50.6 Å². The third-order valence-electron chi connectivity index (χ3n) is 6.28. The van der Waals surface area contributed by atoms with Crippen molar-refractivity contribution in [3.63, 3.8) is 0 Å². The number of benzene rings is 2. The predicted molar refractivity (Wildman–Crippen MR) is 134 cm³/mol. The number of amides is 2. The summed E-state index contributed by atoms with van der Waals surface area (Å²) in [5, 5.41) is 13.5.